The van der Waals surface area contributed by atoms with Crippen molar-refractivity contribution in [3.63, 3.8) is 0 Å². The Kier molecular flexibility index (Phi) is 6.05. The summed E-state index contributed by atoms with van der Waals surface area (Å²) in [5.41, 5.74) is 1.09. The number of hydrogen-bond donors (Lipinski definition) is 2. The highest BCUT2D eigenvalue weighted by atomic mass is 16.5. The molecule has 128 valence electrons. The molecule has 2 N–H and O–H groups in total. The van der Waals surface area contributed by atoms with Gasteiger partial charge < -0.3 is 15.2 Å². The first-order valence-corrected chi connectivity index (χ1v) is 8.52. The lowest BCUT2D eigenvalue weighted by Crippen LogP contribution is -2.40. The van der Waals surface area contributed by atoms with Crippen molar-refractivity contribution < 1.29 is 14.6 Å². The summed E-state index contributed by atoms with van der Waals surface area (Å²) < 4.78 is 5.76. The number of aliphatic hydroxyl groups excluding tert-OH is 1. The molecule has 0 aliphatic heterocycles. The van der Waals surface area contributed by atoms with E-state index in [0.717, 1.165) is 37.0 Å². The summed E-state index contributed by atoms with van der Waals surface area (Å²) in [5, 5.41) is 12.2. The molecule has 4 heteroatoms. The molecule has 0 heterocycles. The van der Waals surface area contributed by atoms with Crippen molar-refractivity contribution in [2.75, 3.05) is 13.2 Å². The zero-order valence-corrected chi connectivity index (χ0v) is 14.5. The largest absolute Gasteiger partial charge is 0.483 e. The summed E-state index contributed by atoms with van der Waals surface area (Å²) in [4.78, 5) is 12.1. The number of carbonyl (C=O) groups is 1. The average Bonchev–Trinajstić information content (AvgIpc) is 2.53. The van der Waals surface area contributed by atoms with Crippen molar-refractivity contribution in [1.29, 1.82) is 0 Å². The van der Waals surface area contributed by atoms with Gasteiger partial charge in [0.05, 0.1) is 0 Å². The van der Waals surface area contributed by atoms with Crippen LogP contribution < -0.4 is 10.1 Å². The first-order valence-electron chi connectivity index (χ1n) is 8.52. The Bertz CT molecular complexity index is 514. The molecule has 23 heavy (non-hydrogen) atoms. The van der Waals surface area contributed by atoms with Crippen LogP contribution in [0.5, 0.6) is 5.75 Å². The predicted octanol–water partition coefficient (Wildman–Crippen LogP) is 3.03. The standard InChI is InChI=1S/C19H29NO3/c1-19(2,3)16-6-4-5-7-17(16)23-13-18(22)20-15-10-8-14(12-21)9-11-15/h4-7,14-15,21H,8-13H2,1-3H3,(H,20,22). The summed E-state index contributed by atoms with van der Waals surface area (Å²) in [6, 6.07) is 8.10. The van der Waals surface area contributed by atoms with Gasteiger partial charge in [0.2, 0.25) is 0 Å². The second kappa shape index (κ2) is 7.82. The fourth-order valence-corrected chi connectivity index (χ4v) is 3.11. The minimum Gasteiger partial charge on any atom is -0.483 e. The number of rotatable bonds is 5. The van der Waals surface area contributed by atoms with Crippen LogP contribution in [-0.2, 0) is 10.2 Å². The molecule has 2 rings (SSSR count). The maximum atomic E-state index is 12.1. The Morgan fingerprint density at radius 2 is 1.87 bits per heavy atom. The van der Waals surface area contributed by atoms with Crippen molar-refractivity contribution in [1.82, 2.24) is 5.32 Å². The van der Waals surface area contributed by atoms with E-state index in [1.807, 2.05) is 24.3 Å². The van der Waals surface area contributed by atoms with Crippen LogP contribution in [0.4, 0.5) is 0 Å². The van der Waals surface area contributed by atoms with Crippen molar-refractivity contribution in [3.05, 3.63) is 29.8 Å². The SMILES string of the molecule is CC(C)(C)c1ccccc1OCC(=O)NC1CCC(CO)CC1. The molecule has 0 aromatic heterocycles. The number of benzene rings is 1. The molecular weight excluding hydrogens is 290 g/mol. The molecule has 0 bridgehead atoms. The van der Waals surface area contributed by atoms with Crippen LogP contribution in [0.3, 0.4) is 0 Å². The Hall–Kier alpha value is -1.55. The van der Waals surface area contributed by atoms with Gasteiger partial charge in [0, 0.05) is 12.6 Å². The van der Waals surface area contributed by atoms with E-state index in [1.54, 1.807) is 0 Å². The third-order valence-corrected chi connectivity index (χ3v) is 4.52. The number of carbonyl (C=O) groups excluding carboxylic acids is 1. The summed E-state index contributed by atoms with van der Waals surface area (Å²) >= 11 is 0. The maximum Gasteiger partial charge on any atom is 0.258 e. The lowest BCUT2D eigenvalue weighted by atomic mass is 9.86. The second-order valence-electron chi connectivity index (χ2n) is 7.50. The van der Waals surface area contributed by atoms with Gasteiger partial charge in [-0.05, 0) is 48.6 Å². The zero-order chi connectivity index (χ0) is 16.9. The van der Waals surface area contributed by atoms with Crippen LogP contribution in [0, 0.1) is 5.92 Å². The Morgan fingerprint density at radius 3 is 2.48 bits per heavy atom. The van der Waals surface area contributed by atoms with Crippen LogP contribution in [-0.4, -0.2) is 30.3 Å². The molecule has 1 saturated carbocycles. The van der Waals surface area contributed by atoms with Crippen molar-refractivity contribution >= 4 is 5.91 Å². The molecular formula is C19H29NO3. The van der Waals surface area contributed by atoms with Gasteiger partial charge in [-0.1, -0.05) is 39.0 Å². The van der Waals surface area contributed by atoms with Gasteiger partial charge in [-0.15, -0.1) is 0 Å². The smallest absolute Gasteiger partial charge is 0.258 e. The van der Waals surface area contributed by atoms with Crippen molar-refractivity contribution in [2.24, 2.45) is 5.92 Å². The third kappa shape index (κ3) is 5.24. The van der Waals surface area contributed by atoms with Crippen LogP contribution in [0.1, 0.15) is 52.0 Å². The first-order chi connectivity index (χ1) is 10.9. The van der Waals surface area contributed by atoms with E-state index in [2.05, 4.69) is 26.1 Å². The molecule has 1 aromatic rings. The fraction of sp³-hybridized carbons (Fsp3) is 0.632. The van der Waals surface area contributed by atoms with E-state index in [9.17, 15) is 4.79 Å². The van der Waals surface area contributed by atoms with Gasteiger partial charge in [-0.3, -0.25) is 4.79 Å². The normalized spacial score (nSPS) is 21.7. The van der Waals surface area contributed by atoms with Crippen molar-refractivity contribution in [2.45, 2.75) is 57.9 Å². The monoisotopic (exact) mass is 319 g/mol. The van der Waals surface area contributed by atoms with Crippen LogP contribution >= 0.6 is 0 Å². The van der Waals surface area contributed by atoms with E-state index in [4.69, 9.17) is 9.84 Å². The molecule has 0 atom stereocenters. The van der Waals surface area contributed by atoms with Crippen molar-refractivity contribution in [3.8, 4) is 5.75 Å². The highest BCUT2D eigenvalue weighted by Gasteiger charge is 2.22. The Labute approximate surface area is 139 Å². The number of amides is 1. The average molecular weight is 319 g/mol. The second-order valence-corrected chi connectivity index (χ2v) is 7.50. The molecule has 0 spiro atoms. The van der Waals surface area contributed by atoms with E-state index in [1.165, 1.54) is 0 Å². The summed E-state index contributed by atoms with van der Waals surface area (Å²) in [7, 11) is 0. The van der Waals surface area contributed by atoms with E-state index in [0.29, 0.717) is 5.92 Å². The molecule has 0 unspecified atom stereocenters. The number of para-hydroxylation sites is 1. The summed E-state index contributed by atoms with van der Waals surface area (Å²) in [5.74, 6) is 1.11. The topological polar surface area (TPSA) is 58.6 Å². The molecule has 0 saturated heterocycles. The number of nitrogens with one attached hydrogen (secondary N) is 1. The van der Waals surface area contributed by atoms with Crippen LogP contribution in [0.15, 0.2) is 24.3 Å². The van der Waals surface area contributed by atoms with Crippen LogP contribution in [0.2, 0.25) is 0 Å². The highest BCUT2D eigenvalue weighted by Crippen LogP contribution is 2.31. The summed E-state index contributed by atoms with van der Waals surface area (Å²) in [6.45, 7) is 6.71. The van der Waals surface area contributed by atoms with Gasteiger partial charge in [0.1, 0.15) is 5.75 Å². The molecule has 1 aliphatic rings. The van der Waals surface area contributed by atoms with Gasteiger partial charge in [-0.2, -0.15) is 0 Å². The minimum absolute atomic E-state index is 0.0181. The maximum absolute atomic E-state index is 12.1. The van der Waals surface area contributed by atoms with Gasteiger partial charge in [-0.25, -0.2) is 0 Å². The molecule has 1 fully saturated rings. The molecule has 1 amide bonds. The fourth-order valence-electron chi connectivity index (χ4n) is 3.11. The lowest BCUT2D eigenvalue weighted by Gasteiger charge is -2.28. The zero-order valence-electron chi connectivity index (χ0n) is 14.5. The Morgan fingerprint density at radius 1 is 1.22 bits per heavy atom. The molecule has 0 radical (unpaired) electrons. The molecule has 1 aromatic carbocycles. The van der Waals surface area contributed by atoms with Gasteiger partial charge in [0.15, 0.2) is 6.61 Å². The van der Waals surface area contributed by atoms with E-state index in [-0.39, 0.29) is 30.6 Å². The predicted molar refractivity (Wildman–Crippen MR) is 91.6 cm³/mol. The van der Waals surface area contributed by atoms with E-state index >= 15 is 0 Å². The van der Waals surface area contributed by atoms with Gasteiger partial charge in [0.25, 0.3) is 5.91 Å². The summed E-state index contributed by atoms with van der Waals surface area (Å²) in [6.07, 6.45) is 3.84. The molecule has 4 nitrogen and oxygen atoms in total. The number of hydrogen-bond acceptors (Lipinski definition) is 3. The van der Waals surface area contributed by atoms with Gasteiger partial charge >= 0.3 is 0 Å². The first kappa shape index (κ1) is 17.8. The molecule has 1 aliphatic carbocycles. The quantitative estimate of drug-likeness (QED) is 0.877. The minimum atomic E-state index is -0.0684. The Balaban J connectivity index is 1.84. The number of ether oxygens (including phenoxy) is 1. The number of aliphatic hydroxyl groups is 1. The van der Waals surface area contributed by atoms with Crippen LogP contribution in [0.25, 0.3) is 0 Å². The lowest BCUT2D eigenvalue weighted by molar-refractivity contribution is -0.124. The van der Waals surface area contributed by atoms with E-state index < -0.39 is 0 Å². The third-order valence-electron chi connectivity index (χ3n) is 4.52. The highest BCUT2D eigenvalue weighted by molar-refractivity contribution is 5.77.